The molecule has 1 atom stereocenters. The summed E-state index contributed by atoms with van der Waals surface area (Å²) in [5, 5.41) is 3.43. The van der Waals surface area contributed by atoms with Gasteiger partial charge >= 0.3 is 0 Å². The third-order valence-corrected chi connectivity index (χ3v) is 4.83. The van der Waals surface area contributed by atoms with Crippen LogP contribution in [0.25, 0.3) is 0 Å². The fourth-order valence-corrected chi connectivity index (χ4v) is 3.78. The second-order valence-corrected chi connectivity index (χ2v) is 7.16. The molecule has 0 aliphatic rings. The van der Waals surface area contributed by atoms with Gasteiger partial charge < -0.3 is 5.32 Å². The van der Waals surface area contributed by atoms with Crippen molar-refractivity contribution in [1.82, 2.24) is 5.32 Å². The SMILES string of the molecule is CNC(Cc1ccc(Br)s1)c1ccc(C)cc1C. The summed E-state index contributed by atoms with van der Waals surface area (Å²) in [5.74, 6) is 0. The number of halogens is 1. The normalized spacial score (nSPS) is 12.7. The molecule has 1 nitrogen and oxygen atoms in total. The number of hydrogen-bond donors (Lipinski definition) is 1. The molecule has 2 rings (SSSR count). The zero-order valence-corrected chi connectivity index (χ0v) is 13.4. The summed E-state index contributed by atoms with van der Waals surface area (Å²) >= 11 is 5.33. The summed E-state index contributed by atoms with van der Waals surface area (Å²) in [6.45, 7) is 4.33. The van der Waals surface area contributed by atoms with E-state index in [4.69, 9.17) is 0 Å². The van der Waals surface area contributed by atoms with Crippen molar-refractivity contribution in [3.05, 3.63) is 55.7 Å². The predicted octanol–water partition coefficient (Wildman–Crippen LogP) is 4.63. The van der Waals surface area contributed by atoms with Gasteiger partial charge in [0.15, 0.2) is 0 Å². The van der Waals surface area contributed by atoms with Gasteiger partial charge in [0, 0.05) is 17.3 Å². The highest BCUT2D eigenvalue weighted by molar-refractivity contribution is 9.11. The first-order chi connectivity index (χ1) is 8.60. The van der Waals surface area contributed by atoms with Crippen LogP contribution in [0.5, 0.6) is 0 Å². The minimum absolute atomic E-state index is 0.385. The van der Waals surface area contributed by atoms with E-state index in [1.165, 1.54) is 25.4 Å². The molecule has 0 spiro atoms. The first kappa shape index (κ1) is 13.8. The van der Waals surface area contributed by atoms with E-state index in [9.17, 15) is 0 Å². The summed E-state index contributed by atoms with van der Waals surface area (Å²) in [6, 6.07) is 11.4. The lowest BCUT2D eigenvalue weighted by Crippen LogP contribution is -2.19. The average Bonchev–Trinajstić information content (AvgIpc) is 2.72. The second-order valence-electron chi connectivity index (χ2n) is 4.61. The Bertz CT molecular complexity index is 533. The Morgan fingerprint density at radius 3 is 2.56 bits per heavy atom. The Morgan fingerprint density at radius 1 is 1.22 bits per heavy atom. The molecule has 3 heteroatoms. The summed E-state index contributed by atoms with van der Waals surface area (Å²) in [5.41, 5.74) is 4.09. The van der Waals surface area contributed by atoms with E-state index in [1.807, 2.05) is 18.4 Å². The van der Waals surface area contributed by atoms with Crippen molar-refractivity contribution in [2.24, 2.45) is 0 Å². The largest absolute Gasteiger partial charge is 0.313 e. The number of likely N-dealkylation sites (N-methyl/N-ethyl adjacent to an activating group) is 1. The minimum Gasteiger partial charge on any atom is -0.313 e. The van der Waals surface area contributed by atoms with Crippen molar-refractivity contribution in [3.8, 4) is 0 Å². The van der Waals surface area contributed by atoms with Crippen LogP contribution in [0.2, 0.25) is 0 Å². The number of benzene rings is 1. The van der Waals surface area contributed by atoms with Crippen LogP contribution in [0.1, 0.15) is 27.6 Å². The molecule has 0 amide bonds. The Kier molecular flexibility index (Phi) is 4.60. The van der Waals surface area contributed by atoms with E-state index in [0.29, 0.717) is 6.04 Å². The van der Waals surface area contributed by atoms with E-state index < -0.39 is 0 Å². The third-order valence-electron chi connectivity index (χ3n) is 3.18. The summed E-state index contributed by atoms with van der Waals surface area (Å²) in [4.78, 5) is 1.40. The molecule has 1 heterocycles. The molecule has 0 radical (unpaired) electrons. The molecule has 0 bridgehead atoms. The number of nitrogens with one attached hydrogen (secondary N) is 1. The van der Waals surface area contributed by atoms with Gasteiger partial charge in [-0.3, -0.25) is 0 Å². The van der Waals surface area contributed by atoms with Gasteiger partial charge in [0.2, 0.25) is 0 Å². The molecule has 0 fully saturated rings. The van der Waals surface area contributed by atoms with Crippen LogP contribution in [0.3, 0.4) is 0 Å². The molecule has 0 aliphatic carbocycles. The zero-order valence-electron chi connectivity index (χ0n) is 11.0. The maximum Gasteiger partial charge on any atom is 0.0701 e. The first-order valence-electron chi connectivity index (χ1n) is 6.09. The highest BCUT2D eigenvalue weighted by atomic mass is 79.9. The monoisotopic (exact) mass is 323 g/mol. The van der Waals surface area contributed by atoms with Crippen LogP contribution in [0.4, 0.5) is 0 Å². The van der Waals surface area contributed by atoms with Gasteiger partial charge in [-0.1, -0.05) is 23.8 Å². The van der Waals surface area contributed by atoms with Crippen LogP contribution in [-0.2, 0) is 6.42 Å². The van der Waals surface area contributed by atoms with Gasteiger partial charge in [-0.25, -0.2) is 0 Å². The quantitative estimate of drug-likeness (QED) is 0.864. The van der Waals surface area contributed by atoms with Crippen LogP contribution in [-0.4, -0.2) is 7.05 Å². The third kappa shape index (κ3) is 3.22. The fraction of sp³-hybridized carbons (Fsp3) is 0.333. The van der Waals surface area contributed by atoms with Gasteiger partial charge in [-0.15, -0.1) is 11.3 Å². The van der Waals surface area contributed by atoms with E-state index in [-0.39, 0.29) is 0 Å². The van der Waals surface area contributed by atoms with Gasteiger partial charge in [-0.2, -0.15) is 0 Å². The van der Waals surface area contributed by atoms with Crippen molar-refractivity contribution < 1.29 is 0 Å². The molecule has 2 aromatic rings. The van der Waals surface area contributed by atoms with Gasteiger partial charge in [0.1, 0.15) is 0 Å². The number of rotatable bonds is 4. The summed E-state index contributed by atoms with van der Waals surface area (Å²) < 4.78 is 1.20. The van der Waals surface area contributed by atoms with Crippen molar-refractivity contribution in [3.63, 3.8) is 0 Å². The van der Waals surface area contributed by atoms with Crippen molar-refractivity contribution in [2.75, 3.05) is 7.05 Å². The lowest BCUT2D eigenvalue weighted by molar-refractivity contribution is 0.593. The molecular formula is C15H18BrNS. The van der Waals surface area contributed by atoms with Crippen LogP contribution < -0.4 is 5.32 Å². The smallest absolute Gasteiger partial charge is 0.0701 e. The molecule has 1 unspecified atom stereocenters. The number of thiophene rings is 1. The van der Waals surface area contributed by atoms with Crippen LogP contribution in [0, 0.1) is 13.8 Å². The molecule has 0 saturated carbocycles. The van der Waals surface area contributed by atoms with Gasteiger partial charge in [0.25, 0.3) is 0 Å². The highest BCUT2D eigenvalue weighted by Crippen LogP contribution is 2.28. The second kappa shape index (κ2) is 6.00. The maximum atomic E-state index is 3.52. The standard InChI is InChI=1S/C15H18BrNS/c1-10-4-6-13(11(2)8-10)14(17-3)9-12-5-7-15(16)18-12/h4-8,14,17H,9H2,1-3H3. The van der Waals surface area contributed by atoms with Crippen molar-refractivity contribution >= 4 is 27.3 Å². The van der Waals surface area contributed by atoms with E-state index >= 15 is 0 Å². The summed E-state index contributed by atoms with van der Waals surface area (Å²) in [6.07, 6.45) is 1.04. The maximum absolute atomic E-state index is 3.52. The Balaban J connectivity index is 2.22. The lowest BCUT2D eigenvalue weighted by atomic mass is 9.97. The molecule has 1 N–H and O–H groups in total. The molecule has 96 valence electrons. The first-order valence-corrected chi connectivity index (χ1v) is 7.69. The Morgan fingerprint density at radius 2 is 2.00 bits per heavy atom. The highest BCUT2D eigenvalue weighted by Gasteiger charge is 2.13. The molecule has 0 aliphatic heterocycles. The minimum atomic E-state index is 0.385. The molecular weight excluding hydrogens is 306 g/mol. The van der Waals surface area contributed by atoms with E-state index in [0.717, 1.165) is 6.42 Å². The number of hydrogen-bond acceptors (Lipinski definition) is 2. The van der Waals surface area contributed by atoms with Crippen LogP contribution >= 0.6 is 27.3 Å². The molecule has 1 aromatic carbocycles. The Labute approximate surface area is 121 Å². The summed E-state index contributed by atoms with van der Waals surface area (Å²) in [7, 11) is 2.03. The fourth-order valence-electron chi connectivity index (χ4n) is 2.25. The van der Waals surface area contributed by atoms with Gasteiger partial charge in [-0.05, 0) is 60.1 Å². The lowest BCUT2D eigenvalue weighted by Gasteiger charge is -2.18. The zero-order chi connectivity index (χ0) is 13.1. The van der Waals surface area contributed by atoms with Gasteiger partial charge in [0.05, 0.1) is 3.79 Å². The van der Waals surface area contributed by atoms with E-state index in [2.05, 4.69) is 65.4 Å². The van der Waals surface area contributed by atoms with Crippen molar-refractivity contribution in [2.45, 2.75) is 26.3 Å². The molecule has 1 aromatic heterocycles. The van der Waals surface area contributed by atoms with Crippen LogP contribution in [0.15, 0.2) is 34.1 Å². The topological polar surface area (TPSA) is 12.0 Å². The average molecular weight is 324 g/mol. The van der Waals surface area contributed by atoms with E-state index in [1.54, 1.807) is 0 Å². The number of aryl methyl sites for hydroxylation is 2. The Hall–Kier alpha value is -0.640. The predicted molar refractivity (Wildman–Crippen MR) is 83.4 cm³/mol. The van der Waals surface area contributed by atoms with Crippen molar-refractivity contribution in [1.29, 1.82) is 0 Å². The molecule has 0 saturated heterocycles. The molecule has 18 heavy (non-hydrogen) atoms.